The Balaban J connectivity index is 1.31. The molecule has 2 saturated heterocycles. The molecule has 6 nitrogen and oxygen atoms in total. The molecule has 1 amide bonds. The standard InChI is InChI=1S/C25H31N3O3/c1-31-25(30)21-9-6-20(7-10-21)17-27-15-12-23-22(18-27)5-3-14-28(23)24(29)11-8-19-4-2-13-26-16-19/h2,4,6-7,9-10,13,16,22-23H,3,5,8,11-12,14-15,17-18H2,1H3/t22-,23+/m0/s1. The second-order valence-electron chi connectivity index (χ2n) is 8.63. The first-order chi connectivity index (χ1) is 15.1. The van der Waals surface area contributed by atoms with Gasteiger partial charge in [0.15, 0.2) is 0 Å². The number of likely N-dealkylation sites (tertiary alicyclic amines) is 2. The fraction of sp³-hybridized carbons (Fsp3) is 0.480. The molecule has 0 radical (unpaired) electrons. The van der Waals surface area contributed by atoms with Crippen LogP contribution in [0.4, 0.5) is 0 Å². The minimum atomic E-state index is -0.303. The zero-order valence-corrected chi connectivity index (χ0v) is 18.2. The first-order valence-electron chi connectivity index (χ1n) is 11.2. The molecule has 2 aliphatic rings. The number of ether oxygens (including phenoxy) is 1. The van der Waals surface area contributed by atoms with Crippen LogP contribution in [0.5, 0.6) is 0 Å². The van der Waals surface area contributed by atoms with Crippen molar-refractivity contribution in [2.45, 2.75) is 44.7 Å². The highest BCUT2D eigenvalue weighted by molar-refractivity contribution is 5.89. The van der Waals surface area contributed by atoms with Crippen LogP contribution in [0.15, 0.2) is 48.8 Å². The maximum absolute atomic E-state index is 13.0. The number of hydrogen-bond acceptors (Lipinski definition) is 5. The van der Waals surface area contributed by atoms with Crippen molar-refractivity contribution in [2.75, 3.05) is 26.7 Å². The monoisotopic (exact) mass is 421 g/mol. The number of rotatable bonds is 6. The Morgan fingerprint density at radius 1 is 1.10 bits per heavy atom. The van der Waals surface area contributed by atoms with Crippen molar-refractivity contribution in [1.29, 1.82) is 0 Å². The number of amides is 1. The van der Waals surface area contributed by atoms with Crippen molar-refractivity contribution in [3.63, 3.8) is 0 Å². The topological polar surface area (TPSA) is 62.7 Å². The van der Waals surface area contributed by atoms with E-state index in [9.17, 15) is 9.59 Å². The third-order valence-electron chi connectivity index (χ3n) is 6.60. The molecule has 0 N–H and O–H groups in total. The van der Waals surface area contributed by atoms with E-state index >= 15 is 0 Å². The lowest BCUT2D eigenvalue weighted by Crippen LogP contribution is -2.55. The van der Waals surface area contributed by atoms with Gasteiger partial charge in [-0.1, -0.05) is 18.2 Å². The van der Waals surface area contributed by atoms with Crippen molar-refractivity contribution in [2.24, 2.45) is 5.92 Å². The van der Waals surface area contributed by atoms with Crippen molar-refractivity contribution >= 4 is 11.9 Å². The molecule has 6 heteroatoms. The zero-order chi connectivity index (χ0) is 21.6. The van der Waals surface area contributed by atoms with Crippen LogP contribution < -0.4 is 0 Å². The number of aromatic nitrogens is 1. The summed E-state index contributed by atoms with van der Waals surface area (Å²) in [4.78, 5) is 33.4. The van der Waals surface area contributed by atoms with E-state index in [0.29, 0.717) is 23.9 Å². The number of methoxy groups -OCH3 is 1. The molecular formula is C25H31N3O3. The number of aryl methyl sites for hydroxylation is 1. The number of hydrogen-bond donors (Lipinski definition) is 0. The van der Waals surface area contributed by atoms with Crippen molar-refractivity contribution < 1.29 is 14.3 Å². The average molecular weight is 422 g/mol. The molecule has 0 unspecified atom stereocenters. The Hall–Kier alpha value is -2.73. The Kier molecular flexibility index (Phi) is 6.97. The molecule has 0 aliphatic carbocycles. The summed E-state index contributed by atoms with van der Waals surface area (Å²) in [5.74, 6) is 0.521. The molecule has 164 valence electrons. The van der Waals surface area contributed by atoms with Gasteiger partial charge < -0.3 is 9.64 Å². The van der Waals surface area contributed by atoms with E-state index in [2.05, 4.69) is 14.8 Å². The third-order valence-corrected chi connectivity index (χ3v) is 6.60. The minimum absolute atomic E-state index is 0.283. The number of carbonyl (C=O) groups is 2. The molecule has 0 spiro atoms. The molecule has 1 aromatic carbocycles. The van der Waals surface area contributed by atoms with Gasteiger partial charge in [-0.25, -0.2) is 4.79 Å². The van der Waals surface area contributed by atoms with Crippen LogP contribution in [0.3, 0.4) is 0 Å². The summed E-state index contributed by atoms with van der Waals surface area (Å²) < 4.78 is 4.77. The SMILES string of the molecule is COC(=O)c1ccc(CN2CC[C@@H]3[C@@H](CCCN3C(=O)CCc3cccnc3)C2)cc1. The normalized spacial score (nSPS) is 21.4. The number of esters is 1. The Bertz CT molecular complexity index is 885. The number of benzene rings is 1. The molecule has 2 fully saturated rings. The second-order valence-corrected chi connectivity index (χ2v) is 8.63. The van der Waals surface area contributed by atoms with Gasteiger partial charge in [-0.05, 0) is 60.9 Å². The lowest BCUT2D eigenvalue weighted by molar-refractivity contribution is -0.138. The van der Waals surface area contributed by atoms with E-state index < -0.39 is 0 Å². The quantitative estimate of drug-likeness (QED) is 0.670. The molecule has 1 aromatic heterocycles. The molecular weight excluding hydrogens is 390 g/mol. The molecule has 0 saturated carbocycles. The Morgan fingerprint density at radius 2 is 1.94 bits per heavy atom. The number of fused-ring (bicyclic) bond motifs is 1. The highest BCUT2D eigenvalue weighted by Gasteiger charge is 2.37. The van der Waals surface area contributed by atoms with E-state index in [1.165, 1.54) is 19.1 Å². The van der Waals surface area contributed by atoms with Gasteiger partial charge >= 0.3 is 5.97 Å². The summed E-state index contributed by atoms with van der Waals surface area (Å²) >= 11 is 0. The molecule has 0 bridgehead atoms. The molecule has 3 heterocycles. The van der Waals surface area contributed by atoms with E-state index in [-0.39, 0.29) is 11.9 Å². The van der Waals surface area contributed by atoms with Crippen molar-refractivity contribution in [3.8, 4) is 0 Å². The summed E-state index contributed by atoms with van der Waals surface area (Å²) in [6.45, 7) is 3.78. The lowest BCUT2D eigenvalue weighted by atomic mass is 9.83. The fourth-order valence-corrected chi connectivity index (χ4v) is 5.00. The zero-order valence-electron chi connectivity index (χ0n) is 18.2. The number of pyridine rings is 1. The van der Waals surface area contributed by atoms with Crippen LogP contribution in [0.2, 0.25) is 0 Å². The van der Waals surface area contributed by atoms with Crippen LogP contribution in [0, 0.1) is 5.92 Å². The van der Waals surface area contributed by atoms with E-state index in [1.807, 2.05) is 42.6 Å². The fourth-order valence-electron chi connectivity index (χ4n) is 5.00. The molecule has 31 heavy (non-hydrogen) atoms. The molecule has 2 atom stereocenters. The highest BCUT2D eigenvalue weighted by atomic mass is 16.5. The average Bonchev–Trinajstić information content (AvgIpc) is 2.82. The van der Waals surface area contributed by atoms with Gasteiger partial charge in [0.1, 0.15) is 0 Å². The van der Waals surface area contributed by atoms with Gasteiger partial charge in [-0.3, -0.25) is 14.7 Å². The van der Waals surface area contributed by atoms with Crippen LogP contribution in [0.1, 0.15) is 47.2 Å². The third kappa shape index (κ3) is 5.31. The van der Waals surface area contributed by atoms with E-state index in [4.69, 9.17) is 4.74 Å². The van der Waals surface area contributed by atoms with Crippen LogP contribution in [-0.4, -0.2) is 59.4 Å². The summed E-state index contributed by atoms with van der Waals surface area (Å²) in [6, 6.07) is 12.0. The van der Waals surface area contributed by atoms with Crippen LogP contribution in [0.25, 0.3) is 0 Å². The van der Waals surface area contributed by atoms with Crippen LogP contribution >= 0.6 is 0 Å². The van der Waals surface area contributed by atoms with Crippen molar-refractivity contribution in [1.82, 2.24) is 14.8 Å². The summed E-state index contributed by atoms with van der Waals surface area (Å²) in [7, 11) is 1.40. The van der Waals surface area contributed by atoms with Gasteiger partial charge in [-0.15, -0.1) is 0 Å². The molecule has 4 rings (SSSR count). The summed E-state index contributed by atoms with van der Waals surface area (Å²) in [5.41, 5.74) is 2.90. The molecule has 2 aromatic rings. The highest BCUT2D eigenvalue weighted by Crippen LogP contribution is 2.32. The summed E-state index contributed by atoms with van der Waals surface area (Å²) in [5, 5.41) is 0. The van der Waals surface area contributed by atoms with Crippen LogP contribution in [-0.2, 0) is 22.5 Å². The number of piperidine rings is 2. The predicted octanol–water partition coefficient (Wildman–Crippen LogP) is 3.31. The first-order valence-corrected chi connectivity index (χ1v) is 11.2. The van der Waals surface area contributed by atoms with Gasteiger partial charge in [0.25, 0.3) is 0 Å². The van der Waals surface area contributed by atoms with Gasteiger partial charge in [0, 0.05) is 51.0 Å². The maximum atomic E-state index is 13.0. The maximum Gasteiger partial charge on any atom is 0.337 e. The van der Waals surface area contributed by atoms with Gasteiger partial charge in [-0.2, -0.15) is 0 Å². The van der Waals surface area contributed by atoms with Gasteiger partial charge in [0.05, 0.1) is 12.7 Å². The predicted molar refractivity (Wildman–Crippen MR) is 118 cm³/mol. The second kappa shape index (κ2) is 10.1. The van der Waals surface area contributed by atoms with E-state index in [0.717, 1.165) is 51.0 Å². The first kappa shape index (κ1) is 21.5. The lowest BCUT2D eigenvalue weighted by Gasteiger charge is -2.47. The summed E-state index contributed by atoms with van der Waals surface area (Å²) in [6.07, 6.45) is 8.24. The number of nitrogens with zero attached hydrogens (tertiary/aromatic N) is 3. The van der Waals surface area contributed by atoms with E-state index in [1.54, 1.807) is 6.20 Å². The minimum Gasteiger partial charge on any atom is -0.465 e. The van der Waals surface area contributed by atoms with Gasteiger partial charge in [0.2, 0.25) is 5.91 Å². The largest absolute Gasteiger partial charge is 0.465 e. The molecule has 2 aliphatic heterocycles. The Morgan fingerprint density at radius 3 is 2.68 bits per heavy atom. The Labute approximate surface area is 184 Å². The number of carbonyl (C=O) groups excluding carboxylic acids is 2. The smallest absolute Gasteiger partial charge is 0.337 e. The van der Waals surface area contributed by atoms with Crippen molar-refractivity contribution in [3.05, 3.63) is 65.5 Å².